The van der Waals surface area contributed by atoms with Crippen LogP contribution in [0.5, 0.6) is 0 Å². The van der Waals surface area contributed by atoms with Crippen molar-refractivity contribution < 1.29 is 14.6 Å². The first-order chi connectivity index (χ1) is 6.31. The first-order valence-electron chi connectivity index (χ1n) is 4.22. The summed E-state index contributed by atoms with van der Waals surface area (Å²) in [6.07, 6.45) is 0. The summed E-state index contributed by atoms with van der Waals surface area (Å²) in [5, 5.41) is 14.0. The van der Waals surface area contributed by atoms with Gasteiger partial charge in [0.2, 0.25) is 0 Å². The maximum Gasteiger partial charge on any atom is 0.137 e. The molecule has 1 saturated heterocycles. The molecule has 2 rings (SSSR count). The Bertz CT molecular complexity index is 250. The van der Waals surface area contributed by atoms with Crippen molar-refractivity contribution in [3.05, 3.63) is 22.4 Å². The van der Waals surface area contributed by atoms with E-state index < -0.39 is 5.60 Å². The van der Waals surface area contributed by atoms with E-state index in [0.717, 1.165) is 5.56 Å². The zero-order valence-electron chi connectivity index (χ0n) is 7.23. The quantitative estimate of drug-likeness (QED) is 0.734. The summed E-state index contributed by atoms with van der Waals surface area (Å²) < 4.78 is 10.5. The Hall–Kier alpha value is -0.420. The summed E-state index contributed by atoms with van der Waals surface area (Å²) in [5.74, 6) is 0. The van der Waals surface area contributed by atoms with Crippen molar-refractivity contribution in [3.8, 4) is 0 Å². The summed E-state index contributed by atoms with van der Waals surface area (Å²) in [6, 6.07) is 1.91. The fraction of sp³-hybridized carbons (Fsp3) is 0.556. The molecule has 2 heterocycles. The third kappa shape index (κ3) is 1.91. The Labute approximate surface area is 80.9 Å². The molecule has 0 radical (unpaired) electrons. The number of aliphatic hydroxyl groups is 1. The summed E-state index contributed by atoms with van der Waals surface area (Å²) in [5.41, 5.74) is -0.0596. The zero-order chi connectivity index (χ0) is 9.15. The number of rotatable bonds is 1. The molecule has 1 aliphatic rings. The largest absolute Gasteiger partial charge is 0.380 e. The van der Waals surface area contributed by atoms with Crippen molar-refractivity contribution in [1.29, 1.82) is 0 Å². The van der Waals surface area contributed by atoms with Crippen LogP contribution in [0.1, 0.15) is 5.56 Å². The normalized spacial score (nSPS) is 22.5. The minimum atomic E-state index is -0.948. The van der Waals surface area contributed by atoms with E-state index in [9.17, 15) is 5.11 Å². The molecule has 72 valence electrons. The van der Waals surface area contributed by atoms with Crippen LogP contribution in [-0.4, -0.2) is 31.5 Å². The van der Waals surface area contributed by atoms with Crippen LogP contribution < -0.4 is 0 Å². The molecule has 3 nitrogen and oxygen atoms in total. The summed E-state index contributed by atoms with van der Waals surface area (Å²) >= 11 is 1.57. The van der Waals surface area contributed by atoms with Gasteiger partial charge in [-0.3, -0.25) is 0 Å². The number of thiophene rings is 1. The van der Waals surface area contributed by atoms with Gasteiger partial charge >= 0.3 is 0 Å². The maximum absolute atomic E-state index is 10.2. The van der Waals surface area contributed by atoms with Crippen LogP contribution in [0.15, 0.2) is 16.8 Å². The van der Waals surface area contributed by atoms with Crippen LogP contribution in [0.25, 0.3) is 0 Å². The van der Waals surface area contributed by atoms with Gasteiger partial charge in [-0.25, -0.2) is 0 Å². The second-order valence-electron chi connectivity index (χ2n) is 3.15. The number of hydrogen-bond acceptors (Lipinski definition) is 4. The summed E-state index contributed by atoms with van der Waals surface area (Å²) in [4.78, 5) is 0. The predicted molar refractivity (Wildman–Crippen MR) is 49.9 cm³/mol. The Kier molecular flexibility index (Phi) is 2.64. The van der Waals surface area contributed by atoms with E-state index in [-0.39, 0.29) is 0 Å². The van der Waals surface area contributed by atoms with Crippen LogP contribution in [0, 0.1) is 0 Å². The average molecular weight is 200 g/mol. The molecule has 0 aliphatic carbocycles. The van der Waals surface area contributed by atoms with Gasteiger partial charge in [-0.1, -0.05) is 0 Å². The van der Waals surface area contributed by atoms with Gasteiger partial charge in [-0.15, -0.1) is 0 Å². The fourth-order valence-electron chi connectivity index (χ4n) is 1.34. The fourth-order valence-corrected chi connectivity index (χ4v) is 2.09. The molecular weight excluding hydrogens is 188 g/mol. The molecule has 0 atom stereocenters. The van der Waals surface area contributed by atoms with Crippen molar-refractivity contribution in [3.63, 3.8) is 0 Å². The van der Waals surface area contributed by atoms with E-state index in [1.54, 1.807) is 11.3 Å². The highest BCUT2D eigenvalue weighted by Crippen LogP contribution is 2.25. The van der Waals surface area contributed by atoms with Crippen molar-refractivity contribution in [2.24, 2.45) is 0 Å². The maximum atomic E-state index is 10.2. The van der Waals surface area contributed by atoms with Gasteiger partial charge in [0.15, 0.2) is 0 Å². The van der Waals surface area contributed by atoms with Gasteiger partial charge in [0.05, 0.1) is 26.4 Å². The first kappa shape index (κ1) is 9.15. The van der Waals surface area contributed by atoms with Gasteiger partial charge in [0.1, 0.15) is 5.60 Å². The van der Waals surface area contributed by atoms with Crippen LogP contribution >= 0.6 is 11.3 Å². The lowest BCUT2D eigenvalue weighted by Crippen LogP contribution is -2.34. The molecule has 13 heavy (non-hydrogen) atoms. The highest BCUT2D eigenvalue weighted by molar-refractivity contribution is 7.08. The Morgan fingerprint density at radius 2 is 2.00 bits per heavy atom. The highest BCUT2D eigenvalue weighted by Gasteiger charge is 2.32. The van der Waals surface area contributed by atoms with Gasteiger partial charge in [0.25, 0.3) is 0 Å². The molecule has 0 spiro atoms. The molecule has 1 fully saturated rings. The Balaban J connectivity index is 2.17. The average Bonchev–Trinajstić information content (AvgIpc) is 2.57. The molecule has 0 bridgehead atoms. The number of ether oxygens (including phenoxy) is 2. The van der Waals surface area contributed by atoms with E-state index in [0.29, 0.717) is 26.4 Å². The van der Waals surface area contributed by atoms with E-state index in [1.165, 1.54) is 0 Å². The van der Waals surface area contributed by atoms with Crippen molar-refractivity contribution in [1.82, 2.24) is 0 Å². The van der Waals surface area contributed by atoms with Gasteiger partial charge < -0.3 is 14.6 Å². The van der Waals surface area contributed by atoms with Crippen LogP contribution in [0.4, 0.5) is 0 Å². The monoisotopic (exact) mass is 200 g/mol. The topological polar surface area (TPSA) is 38.7 Å². The van der Waals surface area contributed by atoms with Crippen molar-refractivity contribution >= 4 is 11.3 Å². The molecule has 0 saturated carbocycles. The van der Waals surface area contributed by atoms with E-state index in [4.69, 9.17) is 9.47 Å². The second kappa shape index (κ2) is 3.75. The summed E-state index contributed by atoms with van der Waals surface area (Å²) in [7, 11) is 0. The molecule has 1 aromatic rings. The molecule has 1 N–H and O–H groups in total. The van der Waals surface area contributed by atoms with Gasteiger partial charge in [0, 0.05) is 0 Å². The highest BCUT2D eigenvalue weighted by atomic mass is 32.1. The Morgan fingerprint density at radius 3 is 2.54 bits per heavy atom. The molecule has 1 aromatic heterocycles. The summed E-state index contributed by atoms with van der Waals surface area (Å²) in [6.45, 7) is 1.77. The second-order valence-corrected chi connectivity index (χ2v) is 3.93. The van der Waals surface area contributed by atoms with Crippen molar-refractivity contribution in [2.75, 3.05) is 26.4 Å². The smallest absolute Gasteiger partial charge is 0.137 e. The first-order valence-corrected chi connectivity index (χ1v) is 5.16. The Morgan fingerprint density at radius 1 is 1.31 bits per heavy atom. The van der Waals surface area contributed by atoms with Crippen LogP contribution in [0.3, 0.4) is 0 Å². The van der Waals surface area contributed by atoms with E-state index >= 15 is 0 Å². The van der Waals surface area contributed by atoms with Crippen LogP contribution in [0.2, 0.25) is 0 Å². The minimum Gasteiger partial charge on any atom is -0.380 e. The lowest BCUT2D eigenvalue weighted by molar-refractivity contribution is -0.0596. The third-order valence-corrected chi connectivity index (χ3v) is 2.80. The van der Waals surface area contributed by atoms with Gasteiger partial charge in [-0.05, 0) is 22.4 Å². The van der Waals surface area contributed by atoms with Gasteiger partial charge in [-0.2, -0.15) is 11.3 Å². The molecule has 0 amide bonds. The van der Waals surface area contributed by atoms with E-state index in [1.807, 2.05) is 16.8 Å². The molecule has 0 aromatic carbocycles. The molecular formula is C9H12O3S. The van der Waals surface area contributed by atoms with Crippen LogP contribution in [-0.2, 0) is 15.1 Å². The third-order valence-electron chi connectivity index (χ3n) is 2.11. The molecule has 4 heteroatoms. The van der Waals surface area contributed by atoms with Crippen molar-refractivity contribution in [2.45, 2.75) is 5.60 Å². The lowest BCUT2D eigenvalue weighted by Gasteiger charge is -2.23. The zero-order valence-corrected chi connectivity index (χ0v) is 8.05. The lowest BCUT2D eigenvalue weighted by atomic mass is 9.99. The van der Waals surface area contributed by atoms with E-state index in [2.05, 4.69) is 0 Å². The molecule has 1 aliphatic heterocycles. The SMILES string of the molecule is OC1(c2ccsc2)COCCOC1. The predicted octanol–water partition coefficient (Wildman–Crippen LogP) is 0.982. The number of hydrogen-bond donors (Lipinski definition) is 1. The molecule has 0 unspecified atom stereocenters. The minimum absolute atomic E-state index is 0.323. The standard InChI is InChI=1S/C9H12O3S/c10-9(8-1-4-13-5-8)6-11-2-3-12-7-9/h1,4-5,10H,2-3,6-7H2.